The monoisotopic (exact) mass is 233 g/mol. The van der Waals surface area contributed by atoms with Crippen LogP contribution < -0.4 is 5.73 Å². The number of hydrogen-bond donors (Lipinski definition) is 1. The van der Waals surface area contributed by atoms with Gasteiger partial charge in [0, 0.05) is 25.1 Å². The van der Waals surface area contributed by atoms with Crippen LogP contribution in [-0.4, -0.2) is 16.0 Å². The number of hydrogen-bond acceptors (Lipinski definition) is 2. The van der Waals surface area contributed by atoms with Crippen LogP contribution in [0.5, 0.6) is 0 Å². The van der Waals surface area contributed by atoms with E-state index in [1.165, 1.54) is 0 Å². The molecule has 17 heavy (non-hydrogen) atoms. The Morgan fingerprint density at radius 2 is 2.18 bits per heavy atom. The second-order valence-electron chi connectivity index (χ2n) is 4.26. The molecule has 2 N–H and O–H groups in total. The minimum absolute atomic E-state index is 0.427. The van der Waals surface area contributed by atoms with Crippen molar-refractivity contribution in [1.82, 2.24) is 9.78 Å². The van der Waals surface area contributed by atoms with Gasteiger partial charge in [-0.05, 0) is 18.6 Å². The fraction of sp³-hybridized carbons (Fsp3) is 0.308. The van der Waals surface area contributed by atoms with Crippen molar-refractivity contribution in [3.8, 4) is 11.3 Å². The molecule has 0 amide bonds. The molecule has 2 aromatic rings. The van der Waals surface area contributed by atoms with Crippen LogP contribution in [0.4, 0.5) is 10.2 Å². The van der Waals surface area contributed by atoms with Crippen molar-refractivity contribution in [2.75, 3.05) is 5.73 Å². The number of aromatic nitrogens is 2. The maximum absolute atomic E-state index is 12.9. The van der Waals surface area contributed by atoms with Gasteiger partial charge in [0.15, 0.2) is 0 Å². The van der Waals surface area contributed by atoms with E-state index in [0.717, 1.165) is 16.8 Å². The lowest BCUT2D eigenvalue weighted by Crippen LogP contribution is -1.98. The van der Waals surface area contributed by atoms with Gasteiger partial charge in [0.1, 0.15) is 12.0 Å². The predicted molar refractivity (Wildman–Crippen MR) is 67.3 cm³/mol. The van der Waals surface area contributed by atoms with Crippen molar-refractivity contribution in [2.24, 2.45) is 7.05 Å². The Morgan fingerprint density at radius 3 is 2.76 bits per heavy atom. The van der Waals surface area contributed by atoms with Gasteiger partial charge in [0.25, 0.3) is 0 Å². The van der Waals surface area contributed by atoms with Gasteiger partial charge >= 0.3 is 0 Å². The van der Waals surface area contributed by atoms with E-state index in [0.29, 0.717) is 12.2 Å². The number of rotatable bonds is 3. The molecule has 0 saturated heterocycles. The number of nitrogens with two attached hydrogens (primary N) is 1. The molecule has 0 saturated carbocycles. The molecule has 1 aromatic carbocycles. The highest BCUT2D eigenvalue weighted by atomic mass is 19.1. The first-order valence-electron chi connectivity index (χ1n) is 5.59. The molecule has 2 rings (SSSR count). The second kappa shape index (κ2) is 4.57. The van der Waals surface area contributed by atoms with E-state index in [9.17, 15) is 4.39 Å². The summed E-state index contributed by atoms with van der Waals surface area (Å²) in [7, 11) is 1.80. The number of nitrogen functional groups attached to an aromatic ring is 1. The highest BCUT2D eigenvalue weighted by molar-refractivity contribution is 5.63. The molecular formula is C13H16FN3. The smallest absolute Gasteiger partial charge is 0.121 e. The van der Waals surface area contributed by atoms with Crippen LogP contribution in [0.2, 0.25) is 0 Å². The number of aryl methyl sites for hydroxylation is 1. The zero-order chi connectivity index (χ0) is 12.4. The Bertz CT molecular complexity index is 498. The van der Waals surface area contributed by atoms with E-state index < -0.39 is 6.17 Å². The van der Waals surface area contributed by atoms with Crippen LogP contribution in [0.3, 0.4) is 0 Å². The molecule has 0 aliphatic rings. The van der Waals surface area contributed by atoms with Crippen LogP contribution in [0.25, 0.3) is 11.3 Å². The van der Waals surface area contributed by atoms with Crippen molar-refractivity contribution in [2.45, 2.75) is 19.5 Å². The van der Waals surface area contributed by atoms with Crippen LogP contribution in [0, 0.1) is 0 Å². The first-order valence-corrected chi connectivity index (χ1v) is 5.59. The molecule has 90 valence electrons. The lowest BCUT2D eigenvalue weighted by Gasteiger charge is -2.04. The molecule has 0 radical (unpaired) electrons. The van der Waals surface area contributed by atoms with Gasteiger partial charge < -0.3 is 5.73 Å². The second-order valence-corrected chi connectivity index (χ2v) is 4.26. The summed E-state index contributed by atoms with van der Waals surface area (Å²) in [4.78, 5) is 0. The van der Waals surface area contributed by atoms with Gasteiger partial charge in [-0.25, -0.2) is 4.39 Å². The zero-order valence-corrected chi connectivity index (χ0v) is 10.0. The van der Waals surface area contributed by atoms with E-state index in [1.807, 2.05) is 30.3 Å². The molecule has 0 fully saturated rings. The van der Waals surface area contributed by atoms with Crippen LogP contribution in [-0.2, 0) is 13.5 Å². The summed E-state index contributed by atoms with van der Waals surface area (Å²) in [5.74, 6) is 0.615. The standard InChI is InChI=1S/C13H16FN3/c1-9(14)6-10-4-3-5-11(7-10)12-8-13(15)17(2)16-12/h3-5,7-9H,6,15H2,1-2H3. The quantitative estimate of drug-likeness (QED) is 0.885. The van der Waals surface area contributed by atoms with Gasteiger partial charge in [-0.2, -0.15) is 5.10 Å². The average molecular weight is 233 g/mol. The average Bonchev–Trinajstić information content (AvgIpc) is 2.59. The molecule has 1 atom stereocenters. The van der Waals surface area contributed by atoms with Crippen molar-refractivity contribution in [1.29, 1.82) is 0 Å². The van der Waals surface area contributed by atoms with E-state index in [2.05, 4.69) is 5.10 Å². The summed E-state index contributed by atoms with van der Waals surface area (Å²) in [6, 6.07) is 9.56. The zero-order valence-electron chi connectivity index (χ0n) is 10.0. The molecule has 1 unspecified atom stereocenters. The minimum atomic E-state index is -0.834. The highest BCUT2D eigenvalue weighted by Crippen LogP contribution is 2.21. The van der Waals surface area contributed by atoms with Gasteiger partial charge in [-0.1, -0.05) is 18.2 Å². The maximum Gasteiger partial charge on any atom is 0.121 e. The summed E-state index contributed by atoms with van der Waals surface area (Å²) in [6.45, 7) is 1.56. The predicted octanol–water partition coefficient (Wildman–Crippen LogP) is 2.57. The number of alkyl halides is 1. The molecule has 1 aromatic heterocycles. The normalized spacial score (nSPS) is 12.6. The number of nitrogens with zero attached hydrogens (tertiary/aromatic N) is 2. The van der Waals surface area contributed by atoms with Crippen molar-refractivity contribution >= 4 is 5.82 Å². The highest BCUT2D eigenvalue weighted by Gasteiger charge is 2.07. The fourth-order valence-electron chi connectivity index (χ4n) is 1.81. The molecule has 0 spiro atoms. The largest absolute Gasteiger partial charge is 0.384 e. The summed E-state index contributed by atoms with van der Waals surface area (Å²) >= 11 is 0. The summed E-state index contributed by atoms with van der Waals surface area (Å²) in [5.41, 5.74) is 8.50. The fourth-order valence-corrected chi connectivity index (χ4v) is 1.81. The van der Waals surface area contributed by atoms with Gasteiger partial charge in [-0.3, -0.25) is 4.68 Å². The van der Waals surface area contributed by atoms with Gasteiger partial charge in [0.05, 0.1) is 5.69 Å². The molecular weight excluding hydrogens is 217 g/mol. The Labute approximate surface area is 100 Å². The topological polar surface area (TPSA) is 43.8 Å². The van der Waals surface area contributed by atoms with Crippen molar-refractivity contribution in [3.63, 3.8) is 0 Å². The van der Waals surface area contributed by atoms with E-state index in [-0.39, 0.29) is 0 Å². The lowest BCUT2D eigenvalue weighted by molar-refractivity contribution is 0.360. The molecule has 1 heterocycles. The van der Waals surface area contributed by atoms with Crippen molar-refractivity contribution < 1.29 is 4.39 Å². The van der Waals surface area contributed by atoms with E-state index in [1.54, 1.807) is 18.7 Å². The third kappa shape index (κ3) is 2.64. The van der Waals surface area contributed by atoms with Gasteiger partial charge in [0.2, 0.25) is 0 Å². The Kier molecular flexibility index (Phi) is 3.13. The van der Waals surface area contributed by atoms with E-state index in [4.69, 9.17) is 5.73 Å². The first-order chi connectivity index (χ1) is 8.06. The van der Waals surface area contributed by atoms with Crippen LogP contribution >= 0.6 is 0 Å². The van der Waals surface area contributed by atoms with Crippen molar-refractivity contribution in [3.05, 3.63) is 35.9 Å². The molecule has 0 aliphatic carbocycles. The molecule has 0 bridgehead atoms. The molecule has 0 aliphatic heterocycles. The van der Waals surface area contributed by atoms with Crippen LogP contribution in [0.15, 0.2) is 30.3 Å². The summed E-state index contributed by atoms with van der Waals surface area (Å²) in [6.07, 6.45) is -0.407. The van der Waals surface area contributed by atoms with Gasteiger partial charge in [-0.15, -0.1) is 0 Å². The summed E-state index contributed by atoms with van der Waals surface area (Å²) < 4.78 is 14.6. The Morgan fingerprint density at radius 1 is 1.41 bits per heavy atom. The maximum atomic E-state index is 12.9. The Balaban J connectivity index is 2.32. The minimum Gasteiger partial charge on any atom is -0.384 e. The number of anilines is 1. The number of halogens is 1. The number of benzene rings is 1. The summed E-state index contributed by atoms with van der Waals surface area (Å²) in [5, 5.41) is 4.30. The Hall–Kier alpha value is -1.84. The van der Waals surface area contributed by atoms with Crippen LogP contribution in [0.1, 0.15) is 12.5 Å². The lowest BCUT2D eigenvalue weighted by atomic mass is 10.0. The SMILES string of the molecule is CC(F)Cc1cccc(-c2cc(N)n(C)n2)c1. The molecule has 3 nitrogen and oxygen atoms in total. The molecule has 4 heteroatoms. The third-order valence-corrected chi connectivity index (χ3v) is 2.66. The van der Waals surface area contributed by atoms with E-state index >= 15 is 0 Å². The third-order valence-electron chi connectivity index (χ3n) is 2.66. The first kappa shape index (κ1) is 11.6.